The molecule has 0 saturated heterocycles. The summed E-state index contributed by atoms with van der Waals surface area (Å²) in [7, 11) is 0. The summed E-state index contributed by atoms with van der Waals surface area (Å²) >= 11 is 0. The predicted octanol–water partition coefficient (Wildman–Crippen LogP) is 3.81. The highest BCUT2D eigenvalue weighted by molar-refractivity contribution is 5.98. The lowest BCUT2D eigenvalue weighted by atomic mass is 10.1. The van der Waals surface area contributed by atoms with Gasteiger partial charge in [-0.3, -0.25) is 4.79 Å². The fourth-order valence-corrected chi connectivity index (χ4v) is 2.22. The first-order valence-corrected chi connectivity index (χ1v) is 7.35. The largest absolute Gasteiger partial charge is 0.465 e. The summed E-state index contributed by atoms with van der Waals surface area (Å²) in [4.78, 5) is 24.2. The second-order valence-corrected chi connectivity index (χ2v) is 5.47. The summed E-state index contributed by atoms with van der Waals surface area (Å²) in [5.74, 6) is -5.40. The lowest BCUT2D eigenvalue weighted by molar-refractivity contribution is -0.123. The number of amides is 1. The number of hydrogen-bond donors (Lipinski definition) is 1. The Bertz CT molecular complexity index is 845. The number of benzene rings is 1. The van der Waals surface area contributed by atoms with Crippen LogP contribution < -0.4 is 5.32 Å². The first-order chi connectivity index (χ1) is 11.6. The van der Waals surface area contributed by atoms with Gasteiger partial charge in [0.1, 0.15) is 17.1 Å². The standard InChI is InChI=1S/C17H16F3NO4/c1-7-8(2)24-9(3)13(7)17(23)25-10(4)16(22)21-12-6-5-11(18)14(19)15(12)20/h5-6,10H,1-4H3,(H,21,22)/t10-/m1/s1. The summed E-state index contributed by atoms with van der Waals surface area (Å²) in [5.41, 5.74) is 0.233. The number of furan rings is 1. The van der Waals surface area contributed by atoms with Gasteiger partial charge in [0.15, 0.2) is 23.6 Å². The quantitative estimate of drug-likeness (QED) is 0.669. The lowest BCUT2D eigenvalue weighted by Gasteiger charge is -2.14. The Balaban J connectivity index is 2.10. The van der Waals surface area contributed by atoms with Gasteiger partial charge in [-0.2, -0.15) is 0 Å². The Morgan fingerprint density at radius 1 is 1.08 bits per heavy atom. The molecule has 25 heavy (non-hydrogen) atoms. The molecular weight excluding hydrogens is 339 g/mol. The van der Waals surface area contributed by atoms with E-state index in [0.29, 0.717) is 23.2 Å². The first kappa shape index (κ1) is 18.6. The minimum atomic E-state index is -1.71. The maximum atomic E-state index is 13.6. The van der Waals surface area contributed by atoms with Crippen LogP contribution in [-0.4, -0.2) is 18.0 Å². The van der Waals surface area contributed by atoms with E-state index < -0.39 is 41.1 Å². The molecule has 134 valence electrons. The SMILES string of the molecule is Cc1oc(C)c(C(=O)O[C@H](C)C(=O)Nc2ccc(F)c(F)c2F)c1C. The molecule has 0 fully saturated rings. The van der Waals surface area contributed by atoms with Crippen LogP contribution in [0.1, 0.15) is 34.4 Å². The molecule has 0 unspecified atom stereocenters. The molecule has 0 bridgehead atoms. The normalized spacial score (nSPS) is 12.0. The van der Waals surface area contributed by atoms with Crippen molar-refractivity contribution in [2.45, 2.75) is 33.8 Å². The fraction of sp³-hybridized carbons (Fsp3) is 0.294. The van der Waals surface area contributed by atoms with E-state index in [9.17, 15) is 22.8 Å². The second kappa shape index (κ2) is 7.00. The van der Waals surface area contributed by atoms with Crippen molar-refractivity contribution in [3.05, 3.63) is 52.2 Å². The third kappa shape index (κ3) is 3.67. The van der Waals surface area contributed by atoms with Gasteiger partial charge in [0.25, 0.3) is 5.91 Å². The number of anilines is 1. The van der Waals surface area contributed by atoms with E-state index in [1.807, 2.05) is 5.32 Å². The fourth-order valence-electron chi connectivity index (χ4n) is 2.22. The van der Waals surface area contributed by atoms with Crippen LogP contribution in [0.2, 0.25) is 0 Å². The summed E-state index contributed by atoms with van der Waals surface area (Å²) in [5, 5.41) is 2.05. The summed E-state index contributed by atoms with van der Waals surface area (Å²) in [6, 6.07) is 1.54. The van der Waals surface area contributed by atoms with Crippen LogP contribution in [-0.2, 0) is 9.53 Å². The molecular formula is C17H16F3NO4. The minimum Gasteiger partial charge on any atom is -0.465 e. The molecule has 8 heteroatoms. The Labute approximate surface area is 141 Å². The Hall–Kier alpha value is -2.77. The van der Waals surface area contributed by atoms with Gasteiger partial charge >= 0.3 is 5.97 Å². The average molecular weight is 355 g/mol. The number of rotatable bonds is 4. The monoisotopic (exact) mass is 355 g/mol. The minimum absolute atomic E-state index is 0.205. The molecule has 5 nitrogen and oxygen atoms in total. The average Bonchev–Trinajstić information content (AvgIpc) is 2.80. The van der Waals surface area contributed by atoms with Crippen LogP contribution in [0.5, 0.6) is 0 Å². The maximum absolute atomic E-state index is 13.6. The summed E-state index contributed by atoms with van der Waals surface area (Å²) < 4.78 is 50.0. The lowest BCUT2D eigenvalue weighted by Crippen LogP contribution is -2.30. The molecule has 0 aliphatic rings. The van der Waals surface area contributed by atoms with Crippen LogP contribution in [0.25, 0.3) is 0 Å². The van der Waals surface area contributed by atoms with Crippen LogP contribution >= 0.6 is 0 Å². The van der Waals surface area contributed by atoms with Gasteiger partial charge in [-0.15, -0.1) is 0 Å². The zero-order valence-electron chi connectivity index (χ0n) is 14.0. The van der Waals surface area contributed by atoms with E-state index >= 15 is 0 Å². The van der Waals surface area contributed by atoms with E-state index in [1.54, 1.807) is 20.8 Å². The van der Waals surface area contributed by atoms with Crippen molar-refractivity contribution in [1.82, 2.24) is 0 Å². The van der Waals surface area contributed by atoms with Crippen molar-refractivity contribution >= 4 is 17.6 Å². The van der Waals surface area contributed by atoms with E-state index in [1.165, 1.54) is 6.92 Å². The number of carbonyl (C=O) groups excluding carboxylic acids is 2. The molecule has 0 spiro atoms. The van der Waals surface area contributed by atoms with Gasteiger partial charge in [0.05, 0.1) is 5.69 Å². The molecule has 0 radical (unpaired) electrons. The zero-order chi connectivity index (χ0) is 18.9. The number of ether oxygens (including phenoxy) is 1. The van der Waals surface area contributed by atoms with Crippen molar-refractivity contribution < 1.29 is 31.9 Å². The molecule has 1 amide bonds. The molecule has 1 aromatic carbocycles. The molecule has 0 saturated carbocycles. The van der Waals surface area contributed by atoms with Crippen molar-refractivity contribution in [3.8, 4) is 0 Å². The molecule has 2 aromatic rings. The predicted molar refractivity (Wildman–Crippen MR) is 82.7 cm³/mol. The highest BCUT2D eigenvalue weighted by atomic mass is 19.2. The van der Waals surface area contributed by atoms with Crippen molar-refractivity contribution in [2.24, 2.45) is 0 Å². The third-order valence-corrected chi connectivity index (χ3v) is 3.71. The van der Waals surface area contributed by atoms with Crippen LogP contribution in [0.3, 0.4) is 0 Å². The second-order valence-electron chi connectivity index (χ2n) is 5.47. The third-order valence-electron chi connectivity index (χ3n) is 3.71. The number of aryl methyl sites for hydroxylation is 2. The highest BCUT2D eigenvalue weighted by Crippen LogP contribution is 2.23. The molecule has 1 atom stereocenters. The summed E-state index contributed by atoms with van der Waals surface area (Å²) in [6.45, 7) is 6.20. The van der Waals surface area contributed by atoms with E-state index in [0.717, 1.165) is 6.07 Å². The number of nitrogens with one attached hydrogen (secondary N) is 1. The molecule has 1 heterocycles. The van der Waals surface area contributed by atoms with Gasteiger partial charge in [-0.1, -0.05) is 0 Å². The van der Waals surface area contributed by atoms with Crippen LogP contribution in [0, 0.1) is 38.2 Å². The van der Waals surface area contributed by atoms with Gasteiger partial charge in [-0.05, 0) is 39.8 Å². The van der Waals surface area contributed by atoms with Gasteiger partial charge in [0.2, 0.25) is 0 Å². The Morgan fingerprint density at radius 3 is 2.28 bits per heavy atom. The van der Waals surface area contributed by atoms with Crippen LogP contribution in [0.15, 0.2) is 16.5 Å². The number of halogens is 3. The highest BCUT2D eigenvalue weighted by Gasteiger charge is 2.25. The van der Waals surface area contributed by atoms with E-state index in [4.69, 9.17) is 9.15 Å². The van der Waals surface area contributed by atoms with Crippen LogP contribution in [0.4, 0.5) is 18.9 Å². The Kier molecular flexibility index (Phi) is 5.20. The van der Waals surface area contributed by atoms with Gasteiger partial charge in [-0.25, -0.2) is 18.0 Å². The smallest absolute Gasteiger partial charge is 0.342 e. The van der Waals surface area contributed by atoms with Gasteiger partial charge in [0, 0.05) is 5.56 Å². The van der Waals surface area contributed by atoms with Crippen molar-refractivity contribution in [1.29, 1.82) is 0 Å². The summed E-state index contributed by atoms with van der Waals surface area (Å²) in [6.07, 6.45) is -1.30. The molecule has 1 aromatic heterocycles. The maximum Gasteiger partial charge on any atom is 0.342 e. The topological polar surface area (TPSA) is 68.5 Å². The molecule has 2 rings (SSSR count). The zero-order valence-corrected chi connectivity index (χ0v) is 14.0. The Morgan fingerprint density at radius 2 is 1.72 bits per heavy atom. The van der Waals surface area contributed by atoms with Crippen molar-refractivity contribution in [2.75, 3.05) is 5.32 Å². The number of carbonyl (C=O) groups is 2. The van der Waals surface area contributed by atoms with Gasteiger partial charge < -0.3 is 14.5 Å². The number of hydrogen-bond acceptors (Lipinski definition) is 4. The molecule has 1 N–H and O–H groups in total. The molecule has 0 aliphatic heterocycles. The van der Waals surface area contributed by atoms with E-state index in [-0.39, 0.29) is 5.56 Å². The number of esters is 1. The van der Waals surface area contributed by atoms with E-state index in [2.05, 4.69) is 0 Å². The van der Waals surface area contributed by atoms with Crippen molar-refractivity contribution in [3.63, 3.8) is 0 Å². The molecule has 0 aliphatic carbocycles. The first-order valence-electron chi connectivity index (χ1n) is 7.35.